The van der Waals surface area contributed by atoms with E-state index in [-0.39, 0.29) is 15.8 Å². The van der Waals surface area contributed by atoms with Crippen molar-refractivity contribution < 1.29 is 12.7 Å². The summed E-state index contributed by atoms with van der Waals surface area (Å²) in [7, 11) is 17.4. The van der Waals surface area contributed by atoms with Crippen LogP contribution in [-0.4, -0.2) is 48.8 Å². The first-order chi connectivity index (χ1) is 20.4. The van der Waals surface area contributed by atoms with Crippen LogP contribution < -0.4 is 9.80 Å². The molecule has 0 saturated heterocycles. The summed E-state index contributed by atoms with van der Waals surface area (Å²) in [6.07, 6.45) is 6.79. The summed E-state index contributed by atoms with van der Waals surface area (Å²) in [6.45, 7) is 28.3. The number of halogens is 2. The SMILES string of the molecule is CN(C)c1ccc(CC=CP(C(C)(C)C)C(C)(C)C)cc1.CN(C)c1ccc(CC=CP(C(C)(C)C)C(C)(C)C)cc1.[Cl][Ni][Cl]. The first-order valence-corrected chi connectivity index (χ1v) is 21.3. The zero-order chi connectivity index (χ0) is 35.2. The van der Waals surface area contributed by atoms with Crippen LogP contribution in [0.15, 0.2) is 72.3 Å². The van der Waals surface area contributed by atoms with Crippen molar-refractivity contribution in [3.8, 4) is 0 Å². The van der Waals surface area contributed by atoms with Crippen LogP contribution in [0.4, 0.5) is 11.4 Å². The van der Waals surface area contributed by atoms with Crippen LogP contribution >= 0.6 is 36.2 Å². The van der Waals surface area contributed by atoms with Crippen LogP contribution in [0.1, 0.15) is 94.2 Å². The molecule has 0 amide bonds. The van der Waals surface area contributed by atoms with Gasteiger partial charge in [-0.3, -0.25) is 0 Å². The van der Waals surface area contributed by atoms with Crippen molar-refractivity contribution >= 4 is 47.6 Å². The van der Waals surface area contributed by atoms with E-state index in [1.807, 2.05) is 0 Å². The minimum absolute atomic E-state index is 0.144. The zero-order valence-corrected chi connectivity index (χ0v) is 35.5. The fraction of sp³-hybridized carbons (Fsp3) is 0.579. The molecular formula is C38H64Cl2N2NiP2. The van der Waals surface area contributed by atoms with Gasteiger partial charge in [0.25, 0.3) is 0 Å². The van der Waals surface area contributed by atoms with E-state index >= 15 is 0 Å². The van der Waals surface area contributed by atoms with Crippen molar-refractivity contribution in [3.05, 3.63) is 83.4 Å². The van der Waals surface area contributed by atoms with E-state index in [0.717, 1.165) is 12.8 Å². The van der Waals surface area contributed by atoms with E-state index in [9.17, 15) is 0 Å². The molecule has 2 aromatic rings. The molecule has 0 aromatic heterocycles. The van der Waals surface area contributed by atoms with Gasteiger partial charge in [-0.2, -0.15) is 0 Å². The van der Waals surface area contributed by atoms with Gasteiger partial charge in [0, 0.05) is 39.6 Å². The summed E-state index contributed by atoms with van der Waals surface area (Å²) >= 11 is 0.569. The van der Waals surface area contributed by atoms with Gasteiger partial charge in [0.05, 0.1) is 0 Å². The monoisotopic (exact) mass is 738 g/mol. The fourth-order valence-corrected chi connectivity index (χ4v) is 11.8. The molecule has 0 fully saturated rings. The van der Waals surface area contributed by atoms with Gasteiger partial charge in [-0.1, -0.05) is 147 Å². The number of nitrogens with zero attached hydrogens (tertiary/aromatic N) is 2. The third-order valence-electron chi connectivity index (χ3n) is 7.01. The number of rotatable bonds is 8. The predicted octanol–water partition coefficient (Wildman–Crippen LogP) is 13.2. The summed E-state index contributed by atoms with van der Waals surface area (Å²) in [5.41, 5.74) is 5.29. The normalized spacial score (nSPS) is 12.8. The Balaban J connectivity index is 0.000000791. The Morgan fingerprint density at radius 2 is 0.733 bits per heavy atom. The molecule has 0 unspecified atom stereocenters. The molecule has 0 spiro atoms. The van der Waals surface area contributed by atoms with Gasteiger partial charge < -0.3 is 9.80 Å². The number of allylic oxidation sites excluding steroid dienone is 2. The standard InChI is InChI=1S/2C19H32NP.2ClH.Ni/c2*1-18(2,3)21(19(4,5)6)15-9-10-16-11-13-17(14-12-16)20(7)8;;;/h2*9,11-15H,10H2,1-8H3;2*1H;/q;;;;+2/p-2. The van der Waals surface area contributed by atoms with Crippen molar-refractivity contribution in [2.75, 3.05) is 38.0 Å². The summed E-state index contributed by atoms with van der Waals surface area (Å²) in [5, 5.41) is 1.44. The van der Waals surface area contributed by atoms with Crippen LogP contribution in [0.5, 0.6) is 0 Å². The van der Waals surface area contributed by atoms with Crippen LogP contribution in [0.25, 0.3) is 0 Å². The second kappa shape index (κ2) is 20.1. The number of hydrogen-bond donors (Lipinski definition) is 0. The molecule has 0 heterocycles. The molecular weight excluding hydrogens is 676 g/mol. The topological polar surface area (TPSA) is 6.48 Å². The maximum atomic E-state index is 4.70. The summed E-state index contributed by atoms with van der Waals surface area (Å²) in [4.78, 5) is 4.27. The molecule has 0 bridgehead atoms. The second-order valence-electron chi connectivity index (χ2n) is 15.8. The van der Waals surface area contributed by atoms with Gasteiger partial charge in [-0.25, -0.2) is 0 Å². The molecule has 2 nitrogen and oxygen atoms in total. The summed E-state index contributed by atoms with van der Waals surface area (Å²) in [5.74, 6) is 4.96. The number of hydrogen-bond acceptors (Lipinski definition) is 2. The first kappa shape index (κ1) is 44.5. The van der Waals surface area contributed by atoms with Crippen molar-refractivity contribution in [3.63, 3.8) is 0 Å². The summed E-state index contributed by atoms with van der Waals surface area (Å²) in [6, 6.07) is 17.7. The zero-order valence-electron chi connectivity index (χ0n) is 31.2. The van der Waals surface area contributed by atoms with Crippen LogP contribution in [0, 0.1) is 0 Å². The van der Waals surface area contributed by atoms with Crippen LogP contribution in [0.2, 0.25) is 0 Å². The Morgan fingerprint density at radius 3 is 0.911 bits per heavy atom. The molecule has 0 aliphatic heterocycles. The molecule has 0 radical (unpaired) electrons. The Bertz CT molecular complexity index is 1010. The number of benzene rings is 2. The molecule has 260 valence electrons. The van der Waals surface area contributed by atoms with Gasteiger partial charge in [0.15, 0.2) is 0 Å². The van der Waals surface area contributed by atoms with E-state index in [0.29, 0.717) is 33.3 Å². The van der Waals surface area contributed by atoms with E-state index in [2.05, 4.69) is 193 Å². The third-order valence-corrected chi connectivity index (χ3v) is 13.8. The van der Waals surface area contributed by atoms with Crippen molar-refractivity contribution in [2.24, 2.45) is 0 Å². The van der Waals surface area contributed by atoms with Gasteiger partial charge in [0.1, 0.15) is 0 Å². The van der Waals surface area contributed by atoms with Crippen LogP contribution in [0.3, 0.4) is 0 Å². The second-order valence-corrected chi connectivity index (χ2v) is 24.8. The molecule has 0 saturated carbocycles. The first-order valence-electron chi connectivity index (χ1n) is 15.7. The van der Waals surface area contributed by atoms with E-state index in [1.54, 1.807) is 0 Å². The Morgan fingerprint density at radius 1 is 0.511 bits per heavy atom. The molecule has 0 N–H and O–H groups in total. The molecule has 7 heteroatoms. The molecule has 2 aromatic carbocycles. The molecule has 0 atom stereocenters. The average molecular weight is 740 g/mol. The maximum absolute atomic E-state index is 4.70. The Labute approximate surface area is 296 Å². The number of anilines is 2. The van der Waals surface area contributed by atoms with E-state index < -0.39 is 0 Å². The Kier molecular flexibility index (Phi) is 19.8. The molecule has 0 aliphatic rings. The van der Waals surface area contributed by atoms with Gasteiger partial charge in [-0.15, -0.1) is 0 Å². The average Bonchev–Trinajstić information content (AvgIpc) is 2.87. The van der Waals surface area contributed by atoms with Crippen molar-refractivity contribution in [2.45, 2.75) is 117 Å². The van der Waals surface area contributed by atoms with Gasteiger partial charge in [0.2, 0.25) is 0 Å². The van der Waals surface area contributed by atoms with Crippen molar-refractivity contribution in [1.82, 2.24) is 0 Å². The fourth-order valence-electron chi connectivity index (χ4n) is 5.36. The van der Waals surface area contributed by atoms with Crippen molar-refractivity contribution in [1.29, 1.82) is 0 Å². The Hall–Kier alpha value is -0.546. The third kappa shape index (κ3) is 18.5. The van der Waals surface area contributed by atoms with Gasteiger partial charge in [-0.05, 0) is 68.9 Å². The molecule has 2 rings (SSSR count). The molecule has 0 aliphatic carbocycles. The van der Waals surface area contributed by atoms with E-state index in [1.165, 1.54) is 22.5 Å². The van der Waals surface area contributed by atoms with Gasteiger partial charge >= 0.3 is 33.0 Å². The van der Waals surface area contributed by atoms with E-state index in [4.69, 9.17) is 20.4 Å². The molecule has 45 heavy (non-hydrogen) atoms. The summed E-state index contributed by atoms with van der Waals surface area (Å²) < 4.78 is 0. The predicted molar refractivity (Wildman–Crippen MR) is 212 cm³/mol. The quantitative estimate of drug-likeness (QED) is 0.196. The van der Waals surface area contributed by atoms with Crippen LogP contribution in [-0.2, 0) is 25.5 Å². The minimum atomic E-state index is -0.144.